The van der Waals surface area contributed by atoms with Gasteiger partial charge in [0.25, 0.3) is 10.0 Å². The Bertz CT molecular complexity index is 1170. The SMILES string of the molecule is C[C@H]1CN([C@@H](C)CO)C(=O)Cc2cc(NS(=O)(=O)c3cccs3)ccc2O[C@H]1CN(C)CC1CCCCC1. The molecule has 8 nitrogen and oxygen atoms in total. The maximum absolute atomic E-state index is 13.4. The quantitative estimate of drug-likeness (QED) is 0.474. The predicted molar refractivity (Wildman–Crippen MR) is 151 cm³/mol. The molecule has 1 saturated carbocycles. The van der Waals surface area contributed by atoms with Crippen molar-refractivity contribution in [2.75, 3.05) is 38.0 Å². The number of thiophene rings is 1. The lowest BCUT2D eigenvalue weighted by atomic mass is 9.89. The van der Waals surface area contributed by atoms with Gasteiger partial charge in [-0.2, -0.15) is 0 Å². The standard InChI is InChI=1S/C28H41N3O5S2/c1-20-16-31(21(2)19-32)27(33)15-23-14-24(29-38(34,35)28-10-7-13-37-28)11-12-25(23)36-26(20)18-30(3)17-22-8-5-4-6-9-22/h7,10-14,20-22,26,29,32H,4-6,8-9,15-19H2,1-3H3/t20-,21-,26-/m0/s1. The summed E-state index contributed by atoms with van der Waals surface area (Å²) in [6, 6.07) is 8.07. The fraction of sp³-hybridized carbons (Fsp3) is 0.607. The number of rotatable bonds is 9. The maximum Gasteiger partial charge on any atom is 0.271 e. The summed E-state index contributed by atoms with van der Waals surface area (Å²) < 4.78 is 35.0. The van der Waals surface area contributed by atoms with Crippen LogP contribution >= 0.6 is 11.3 Å². The van der Waals surface area contributed by atoms with Gasteiger partial charge in [0, 0.05) is 36.8 Å². The number of ether oxygens (including phenoxy) is 1. The minimum atomic E-state index is -3.72. The molecule has 2 heterocycles. The van der Waals surface area contributed by atoms with Crippen molar-refractivity contribution in [1.29, 1.82) is 0 Å². The number of anilines is 1. The van der Waals surface area contributed by atoms with Crippen LogP contribution in [0.4, 0.5) is 5.69 Å². The molecule has 1 amide bonds. The zero-order chi connectivity index (χ0) is 27.3. The summed E-state index contributed by atoms with van der Waals surface area (Å²) in [5.41, 5.74) is 1.01. The molecule has 1 fully saturated rings. The fourth-order valence-electron chi connectivity index (χ4n) is 5.52. The number of nitrogens with zero attached hydrogens (tertiary/aromatic N) is 2. The molecular weight excluding hydrogens is 522 g/mol. The molecule has 1 aromatic carbocycles. The van der Waals surface area contributed by atoms with E-state index < -0.39 is 10.0 Å². The average Bonchev–Trinajstić information content (AvgIpc) is 3.44. The van der Waals surface area contributed by atoms with Gasteiger partial charge in [0.15, 0.2) is 0 Å². The summed E-state index contributed by atoms with van der Waals surface area (Å²) in [5.74, 6) is 1.22. The lowest BCUT2D eigenvalue weighted by Gasteiger charge is -2.35. The van der Waals surface area contributed by atoms with Crippen LogP contribution in [0.1, 0.15) is 51.5 Å². The highest BCUT2D eigenvalue weighted by molar-refractivity contribution is 7.94. The van der Waals surface area contributed by atoms with Gasteiger partial charge < -0.3 is 19.6 Å². The largest absolute Gasteiger partial charge is 0.488 e. The van der Waals surface area contributed by atoms with E-state index in [4.69, 9.17) is 4.74 Å². The molecule has 0 spiro atoms. The first kappa shape index (κ1) is 28.9. The number of benzene rings is 1. The summed E-state index contributed by atoms with van der Waals surface area (Å²) in [7, 11) is -1.58. The summed E-state index contributed by atoms with van der Waals surface area (Å²) >= 11 is 1.15. The van der Waals surface area contributed by atoms with Crippen LogP contribution < -0.4 is 9.46 Å². The highest BCUT2D eigenvalue weighted by Gasteiger charge is 2.31. The summed E-state index contributed by atoms with van der Waals surface area (Å²) in [4.78, 5) is 17.5. The average molecular weight is 564 g/mol. The van der Waals surface area contributed by atoms with Gasteiger partial charge in [-0.3, -0.25) is 9.52 Å². The molecule has 1 aliphatic carbocycles. The molecule has 2 N–H and O–H groups in total. The molecule has 4 rings (SSSR count). The number of fused-ring (bicyclic) bond motifs is 1. The Kier molecular flexibility index (Phi) is 9.73. The third-order valence-electron chi connectivity index (χ3n) is 7.71. The van der Waals surface area contributed by atoms with Crippen LogP contribution in [0.25, 0.3) is 0 Å². The van der Waals surface area contributed by atoms with Crippen LogP contribution in [-0.2, 0) is 21.2 Å². The minimum absolute atomic E-state index is 0.0321. The number of carbonyl (C=O) groups is 1. The lowest BCUT2D eigenvalue weighted by Crippen LogP contribution is -2.48. The fourth-order valence-corrected chi connectivity index (χ4v) is 7.57. The van der Waals surface area contributed by atoms with Crippen molar-refractivity contribution in [3.8, 4) is 5.75 Å². The first-order chi connectivity index (χ1) is 18.2. The number of hydrogen-bond acceptors (Lipinski definition) is 7. The van der Waals surface area contributed by atoms with E-state index in [1.807, 2.05) is 6.92 Å². The van der Waals surface area contributed by atoms with Crippen LogP contribution in [0.3, 0.4) is 0 Å². The number of aliphatic hydroxyl groups is 1. The second-order valence-electron chi connectivity index (χ2n) is 11.0. The highest BCUT2D eigenvalue weighted by atomic mass is 32.2. The number of aliphatic hydroxyl groups excluding tert-OH is 1. The van der Waals surface area contributed by atoms with Crippen molar-refractivity contribution in [1.82, 2.24) is 9.80 Å². The van der Waals surface area contributed by atoms with E-state index in [1.165, 1.54) is 32.1 Å². The van der Waals surface area contributed by atoms with Crippen molar-refractivity contribution >= 4 is 33.0 Å². The van der Waals surface area contributed by atoms with Crippen LogP contribution in [0.5, 0.6) is 5.75 Å². The monoisotopic (exact) mass is 563 g/mol. The lowest BCUT2D eigenvalue weighted by molar-refractivity contribution is -0.134. The molecule has 3 atom stereocenters. The summed E-state index contributed by atoms with van der Waals surface area (Å²) in [6.45, 7) is 6.05. The van der Waals surface area contributed by atoms with Crippen LogP contribution in [0, 0.1) is 11.8 Å². The van der Waals surface area contributed by atoms with Gasteiger partial charge in [0.2, 0.25) is 5.91 Å². The van der Waals surface area contributed by atoms with Gasteiger partial charge >= 0.3 is 0 Å². The number of amides is 1. The van der Waals surface area contributed by atoms with E-state index >= 15 is 0 Å². The Balaban J connectivity index is 1.59. The van der Waals surface area contributed by atoms with Gasteiger partial charge in [-0.25, -0.2) is 8.42 Å². The second-order valence-corrected chi connectivity index (χ2v) is 13.8. The Morgan fingerprint density at radius 3 is 2.66 bits per heavy atom. The van der Waals surface area contributed by atoms with Gasteiger partial charge in [-0.1, -0.05) is 32.3 Å². The Morgan fingerprint density at radius 1 is 1.21 bits per heavy atom. The van der Waals surface area contributed by atoms with E-state index in [0.29, 0.717) is 29.5 Å². The van der Waals surface area contributed by atoms with E-state index in [2.05, 4.69) is 23.6 Å². The minimum Gasteiger partial charge on any atom is -0.488 e. The summed E-state index contributed by atoms with van der Waals surface area (Å²) in [5, 5.41) is 11.6. The molecule has 0 saturated heterocycles. The zero-order valence-corrected chi connectivity index (χ0v) is 24.3. The zero-order valence-electron chi connectivity index (χ0n) is 22.6. The maximum atomic E-state index is 13.4. The topological polar surface area (TPSA) is 99.2 Å². The second kappa shape index (κ2) is 12.8. The number of likely N-dealkylation sites (N-methyl/N-ethyl adjacent to an activating group) is 1. The number of sulfonamides is 1. The smallest absolute Gasteiger partial charge is 0.271 e. The van der Waals surface area contributed by atoms with Gasteiger partial charge in [0.1, 0.15) is 16.1 Å². The summed E-state index contributed by atoms with van der Waals surface area (Å²) in [6.07, 6.45) is 6.37. The Morgan fingerprint density at radius 2 is 1.97 bits per heavy atom. The molecule has 10 heteroatoms. The van der Waals surface area contributed by atoms with Crippen molar-refractivity contribution in [2.45, 2.75) is 68.7 Å². The number of nitrogens with one attached hydrogen (secondary N) is 1. The Hall–Kier alpha value is -2.14. The van der Waals surface area contributed by atoms with Crippen LogP contribution in [-0.4, -0.2) is 74.7 Å². The van der Waals surface area contributed by atoms with Crippen LogP contribution in [0.15, 0.2) is 39.9 Å². The molecule has 1 aliphatic heterocycles. The first-order valence-corrected chi connectivity index (χ1v) is 16.0. The normalized spacial score (nSPS) is 22.2. The van der Waals surface area contributed by atoms with Crippen molar-refractivity contribution < 1.29 is 23.1 Å². The number of hydrogen-bond donors (Lipinski definition) is 2. The van der Waals surface area contributed by atoms with Gasteiger partial charge in [0.05, 0.1) is 19.1 Å². The molecule has 0 bridgehead atoms. The molecule has 0 unspecified atom stereocenters. The third-order valence-corrected chi connectivity index (χ3v) is 10.5. The van der Waals surface area contributed by atoms with Crippen molar-refractivity contribution in [3.63, 3.8) is 0 Å². The molecule has 38 heavy (non-hydrogen) atoms. The van der Waals surface area contributed by atoms with E-state index in [1.54, 1.807) is 40.6 Å². The highest BCUT2D eigenvalue weighted by Crippen LogP contribution is 2.31. The molecule has 2 aromatic rings. The molecular formula is C28H41N3O5S2. The molecule has 2 aliphatic rings. The van der Waals surface area contributed by atoms with Gasteiger partial charge in [-0.05, 0) is 62.4 Å². The van der Waals surface area contributed by atoms with Crippen molar-refractivity contribution in [3.05, 3.63) is 41.3 Å². The molecule has 1 aromatic heterocycles. The molecule has 210 valence electrons. The first-order valence-electron chi connectivity index (χ1n) is 13.6. The van der Waals surface area contributed by atoms with Gasteiger partial charge in [-0.15, -0.1) is 11.3 Å². The van der Waals surface area contributed by atoms with Crippen molar-refractivity contribution in [2.24, 2.45) is 11.8 Å². The van der Waals surface area contributed by atoms with E-state index in [0.717, 1.165) is 24.4 Å². The Labute approximate surface area is 231 Å². The third kappa shape index (κ3) is 7.28. The molecule has 0 radical (unpaired) electrons. The van der Waals surface area contributed by atoms with E-state index in [9.17, 15) is 18.3 Å². The van der Waals surface area contributed by atoms with E-state index in [-0.39, 0.29) is 41.2 Å². The number of carbonyl (C=O) groups excluding carboxylic acids is 1. The van der Waals surface area contributed by atoms with Crippen LogP contribution in [0.2, 0.25) is 0 Å². The predicted octanol–water partition coefficient (Wildman–Crippen LogP) is 4.21.